The van der Waals surface area contributed by atoms with Crippen molar-refractivity contribution in [3.63, 3.8) is 0 Å². The highest BCUT2D eigenvalue weighted by molar-refractivity contribution is 6.07. The lowest BCUT2D eigenvalue weighted by Gasteiger charge is -2.42. The van der Waals surface area contributed by atoms with Crippen LogP contribution in [0.2, 0.25) is 0 Å². The lowest BCUT2D eigenvalue weighted by Crippen LogP contribution is -2.58. The molecule has 21 heavy (non-hydrogen) atoms. The number of carbonyl (C=O) groups excluding carboxylic acids is 3. The summed E-state index contributed by atoms with van der Waals surface area (Å²) in [6.07, 6.45) is 2.77. The van der Waals surface area contributed by atoms with Crippen LogP contribution in [0.4, 0.5) is 4.79 Å². The molecule has 1 aliphatic heterocycles. The van der Waals surface area contributed by atoms with E-state index in [1.807, 2.05) is 13.8 Å². The van der Waals surface area contributed by atoms with E-state index in [-0.39, 0.29) is 30.7 Å². The third-order valence-corrected chi connectivity index (χ3v) is 4.70. The van der Waals surface area contributed by atoms with Crippen LogP contribution < -0.4 is 16.7 Å². The average Bonchev–Trinajstić information content (AvgIpc) is 2.67. The fraction of sp³-hybridized carbons (Fsp3) is 0.769. The number of nitrogens with zero attached hydrogens (tertiary/aromatic N) is 1. The molecule has 2 fully saturated rings. The van der Waals surface area contributed by atoms with Crippen LogP contribution >= 0.6 is 0 Å². The Hall–Kier alpha value is -1.67. The number of carbonyl (C=O) groups is 3. The van der Waals surface area contributed by atoms with Crippen LogP contribution in [0.3, 0.4) is 0 Å². The van der Waals surface area contributed by atoms with Gasteiger partial charge in [-0.2, -0.15) is 0 Å². The molecule has 0 bridgehead atoms. The molecular formula is C13H22N4O4. The maximum atomic E-state index is 12.7. The second kappa shape index (κ2) is 5.98. The van der Waals surface area contributed by atoms with Crippen molar-refractivity contribution in [1.82, 2.24) is 15.8 Å². The molecule has 1 heterocycles. The number of imide groups is 1. The number of rotatable bonds is 4. The monoisotopic (exact) mass is 298 g/mol. The van der Waals surface area contributed by atoms with Gasteiger partial charge in [0.25, 0.3) is 5.91 Å². The van der Waals surface area contributed by atoms with Crippen molar-refractivity contribution in [2.45, 2.75) is 45.1 Å². The van der Waals surface area contributed by atoms with Crippen LogP contribution in [0.1, 0.15) is 39.5 Å². The molecule has 1 saturated carbocycles. The molecular weight excluding hydrogens is 276 g/mol. The van der Waals surface area contributed by atoms with Gasteiger partial charge in [-0.3, -0.25) is 14.5 Å². The first-order chi connectivity index (χ1) is 9.93. The third-order valence-electron chi connectivity index (χ3n) is 4.70. The van der Waals surface area contributed by atoms with E-state index in [1.54, 1.807) is 5.59 Å². The number of hydrogen-bond acceptors (Lipinski definition) is 6. The maximum absolute atomic E-state index is 12.7. The van der Waals surface area contributed by atoms with E-state index in [4.69, 9.17) is 5.84 Å². The Morgan fingerprint density at radius 3 is 2.62 bits per heavy atom. The van der Waals surface area contributed by atoms with Gasteiger partial charge in [-0.05, 0) is 24.7 Å². The van der Waals surface area contributed by atoms with Gasteiger partial charge in [0.1, 0.15) is 5.54 Å². The number of hydrazine groups is 1. The fourth-order valence-corrected chi connectivity index (χ4v) is 3.48. The predicted octanol–water partition coefficient (Wildman–Crippen LogP) is 0.0447. The van der Waals surface area contributed by atoms with E-state index in [0.29, 0.717) is 0 Å². The molecule has 8 nitrogen and oxygen atoms in total. The zero-order valence-electron chi connectivity index (χ0n) is 12.3. The standard InChI is InChI=1S/C13H22N4O4/c1-8-4-3-5-9(2)13(8)11(19)17(12(20)15-13)7-6-10(18)21-16-14/h8-9,16H,3-7,14H2,1-2H3,(H,15,20). The van der Waals surface area contributed by atoms with Gasteiger partial charge in [-0.25, -0.2) is 10.6 Å². The van der Waals surface area contributed by atoms with Crippen molar-refractivity contribution < 1.29 is 19.2 Å². The van der Waals surface area contributed by atoms with Gasteiger partial charge >= 0.3 is 12.0 Å². The Balaban J connectivity index is 2.10. The summed E-state index contributed by atoms with van der Waals surface area (Å²) in [4.78, 5) is 41.6. The van der Waals surface area contributed by atoms with Crippen molar-refractivity contribution in [1.29, 1.82) is 0 Å². The zero-order chi connectivity index (χ0) is 15.6. The molecule has 2 rings (SSSR count). The summed E-state index contributed by atoms with van der Waals surface area (Å²) in [6, 6.07) is -0.436. The smallest absolute Gasteiger partial charge is 0.328 e. The van der Waals surface area contributed by atoms with E-state index >= 15 is 0 Å². The number of urea groups is 1. The topological polar surface area (TPSA) is 114 Å². The van der Waals surface area contributed by atoms with E-state index < -0.39 is 17.5 Å². The highest BCUT2D eigenvalue weighted by Gasteiger charge is 2.58. The molecule has 4 N–H and O–H groups in total. The van der Waals surface area contributed by atoms with Gasteiger partial charge in [0.15, 0.2) is 0 Å². The summed E-state index contributed by atoms with van der Waals surface area (Å²) in [6.45, 7) is 3.97. The van der Waals surface area contributed by atoms with Gasteiger partial charge in [0.05, 0.1) is 6.42 Å². The van der Waals surface area contributed by atoms with Crippen molar-refractivity contribution in [3.8, 4) is 0 Å². The molecule has 8 heteroatoms. The lowest BCUT2D eigenvalue weighted by atomic mass is 9.67. The van der Waals surface area contributed by atoms with Crippen molar-refractivity contribution in [2.24, 2.45) is 17.7 Å². The normalized spacial score (nSPS) is 32.4. The minimum atomic E-state index is -0.828. The molecule has 2 aliphatic rings. The minimum absolute atomic E-state index is 0.00757. The molecule has 1 spiro atoms. The van der Waals surface area contributed by atoms with Gasteiger partial charge in [0, 0.05) is 6.54 Å². The summed E-state index contributed by atoms with van der Waals surface area (Å²) in [5.41, 5.74) is 0.955. The molecule has 0 aromatic rings. The number of amides is 3. The molecule has 3 amide bonds. The number of nitrogens with one attached hydrogen (secondary N) is 2. The first-order valence-electron chi connectivity index (χ1n) is 7.22. The Morgan fingerprint density at radius 1 is 1.43 bits per heavy atom. The Kier molecular flexibility index (Phi) is 4.48. The SMILES string of the molecule is CC1CCCC(C)C12NC(=O)N(CCC(=O)ONN)C2=O. The van der Waals surface area contributed by atoms with Crippen molar-refractivity contribution in [2.75, 3.05) is 6.54 Å². The highest BCUT2D eigenvalue weighted by Crippen LogP contribution is 2.42. The minimum Gasteiger partial charge on any atom is -0.356 e. The Morgan fingerprint density at radius 2 is 2.05 bits per heavy atom. The maximum Gasteiger partial charge on any atom is 0.328 e. The number of nitrogens with two attached hydrogens (primary N) is 1. The summed E-state index contributed by atoms with van der Waals surface area (Å²) in [5, 5.41) is 2.87. The van der Waals surface area contributed by atoms with Crippen molar-refractivity contribution in [3.05, 3.63) is 0 Å². The van der Waals surface area contributed by atoms with Crippen LogP contribution in [0.15, 0.2) is 0 Å². The second-order valence-electron chi connectivity index (χ2n) is 5.83. The molecule has 0 aromatic heterocycles. The number of hydrogen-bond donors (Lipinski definition) is 3. The van der Waals surface area contributed by atoms with Crippen molar-refractivity contribution >= 4 is 17.9 Å². The van der Waals surface area contributed by atoms with Crippen LogP contribution in [0.5, 0.6) is 0 Å². The van der Waals surface area contributed by atoms with E-state index in [9.17, 15) is 14.4 Å². The first kappa shape index (κ1) is 15.7. The lowest BCUT2D eigenvalue weighted by molar-refractivity contribution is -0.151. The molecule has 0 radical (unpaired) electrons. The summed E-state index contributed by atoms with van der Waals surface area (Å²) in [5.74, 6) is 4.17. The van der Waals surface area contributed by atoms with Crippen LogP contribution in [0.25, 0.3) is 0 Å². The highest BCUT2D eigenvalue weighted by atomic mass is 16.7. The molecule has 1 aliphatic carbocycles. The largest absolute Gasteiger partial charge is 0.356 e. The summed E-state index contributed by atoms with van der Waals surface area (Å²) >= 11 is 0. The van der Waals surface area contributed by atoms with Crippen LogP contribution in [-0.2, 0) is 14.4 Å². The second-order valence-corrected chi connectivity index (χ2v) is 5.83. The molecule has 1 saturated heterocycles. The quantitative estimate of drug-likeness (QED) is 0.384. The van der Waals surface area contributed by atoms with E-state index in [0.717, 1.165) is 24.2 Å². The van der Waals surface area contributed by atoms with E-state index in [2.05, 4.69) is 10.2 Å². The summed E-state index contributed by atoms with van der Waals surface area (Å²) < 4.78 is 0. The molecule has 2 atom stereocenters. The molecule has 118 valence electrons. The fourth-order valence-electron chi connectivity index (χ4n) is 3.48. The predicted molar refractivity (Wildman–Crippen MR) is 73.2 cm³/mol. The van der Waals surface area contributed by atoms with Gasteiger partial charge < -0.3 is 10.2 Å². The molecule has 2 unspecified atom stereocenters. The van der Waals surface area contributed by atoms with Crippen LogP contribution in [0, 0.1) is 11.8 Å². The molecule has 0 aromatic carbocycles. The zero-order valence-corrected chi connectivity index (χ0v) is 12.3. The van der Waals surface area contributed by atoms with Crippen LogP contribution in [-0.4, -0.2) is 34.9 Å². The average molecular weight is 298 g/mol. The third kappa shape index (κ3) is 2.60. The summed E-state index contributed by atoms with van der Waals surface area (Å²) in [7, 11) is 0. The van der Waals surface area contributed by atoms with Gasteiger partial charge in [-0.15, -0.1) is 0 Å². The van der Waals surface area contributed by atoms with Gasteiger partial charge in [-0.1, -0.05) is 25.9 Å². The Labute approximate surface area is 123 Å². The Bertz CT molecular complexity index is 443. The first-order valence-corrected chi connectivity index (χ1v) is 7.22. The van der Waals surface area contributed by atoms with Gasteiger partial charge in [0.2, 0.25) is 0 Å². The van der Waals surface area contributed by atoms with E-state index in [1.165, 1.54) is 0 Å².